The molecule has 0 radical (unpaired) electrons. The van der Waals surface area contributed by atoms with E-state index in [2.05, 4.69) is 37.5 Å². The van der Waals surface area contributed by atoms with Crippen molar-refractivity contribution in [3.8, 4) is 0 Å². The lowest BCUT2D eigenvalue weighted by atomic mass is 9.90. The van der Waals surface area contributed by atoms with Crippen molar-refractivity contribution in [3.63, 3.8) is 0 Å². The Hall–Kier alpha value is -3.12. The summed E-state index contributed by atoms with van der Waals surface area (Å²) in [7, 11) is 0. The first kappa shape index (κ1) is 34.2. The predicted molar refractivity (Wildman–Crippen MR) is 174 cm³/mol. The maximum Gasteiger partial charge on any atom is 0.410 e. The Labute approximate surface area is 272 Å². The molecule has 0 bridgehead atoms. The van der Waals surface area contributed by atoms with Gasteiger partial charge in [0.05, 0.1) is 31.1 Å². The molecule has 5 rings (SSSR count). The van der Waals surface area contributed by atoms with Crippen molar-refractivity contribution < 1.29 is 28.6 Å². The fourth-order valence-corrected chi connectivity index (χ4v) is 6.91. The van der Waals surface area contributed by atoms with Crippen LogP contribution in [0.4, 0.5) is 14.9 Å². The third kappa shape index (κ3) is 7.38. The fourth-order valence-electron chi connectivity index (χ4n) is 6.91. The molecule has 252 valence electrons. The van der Waals surface area contributed by atoms with E-state index in [0.717, 1.165) is 5.69 Å². The minimum atomic E-state index is -1.01. The van der Waals surface area contributed by atoms with E-state index in [9.17, 15) is 19.1 Å². The van der Waals surface area contributed by atoms with E-state index in [4.69, 9.17) is 14.5 Å². The zero-order valence-electron chi connectivity index (χ0n) is 28.5. The number of carbonyl (C=O) groups excluding carboxylic acids is 2. The Morgan fingerprint density at radius 3 is 2.35 bits per heavy atom. The zero-order valence-corrected chi connectivity index (χ0v) is 28.5. The lowest BCUT2D eigenvalue weighted by molar-refractivity contribution is -0.122. The number of aromatic nitrogens is 1. The minimum Gasteiger partial charge on any atom is -0.444 e. The second kappa shape index (κ2) is 13.2. The van der Waals surface area contributed by atoms with Gasteiger partial charge in [-0.05, 0) is 65.3 Å². The third-order valence-corrected chi connectivity index (χ3v) is 9.37. The van der Waals surface area contributed by atoms with Gasteiger partial charge in [-0.1, -0.05) is 26.0 Å². The second-order valence-electron chi connectivity index (χ2n) is 15.0. The van der Waals surface area contributed by atoms with E-state index in [0.29, 0.717) is 56.2 Å². The van der Waals surface area contributed by atoms with Gasteiger partial charge in [-0.25, -0.2) is 9.18 Å². The standard InChI is InChI=1S/C35H50FN5O5/c1-22-15-38(28(16-39-23(2)19-45-20-24(39)3)17-40(22)33(44)46-34(4,5)6)18-30(42)41-21-35(7,8)32-29(41)13-26(14-37-32)31(43)25-9-11-27(36)12-10-25/h9-14,22-24,28,31,43H,15-21H2,1-8H3/t22-,23-,24-,28+,31-/m1/s1. The minimum absolute atomic E-state index is 0.0620. The lowest BCUT2D eigenvalue weighted by Crippen LogP contribution is -2.65. The van der Waals surface area contributed by atoms with Crippen LogP contribution in [0.5, 0.6) is 0 Å². The molecule has 2 aromatic rings. The Morgan fingerprint density at radius 1 is 1.07 bits per heavy atom. The molecule has 2 saturated heterocycles. The summed E-state index contributed by atoms with van der Waals surface area (Å²) in [5.74, 6) is -0.438. The number of fused-ring (bicyclic) bond motifs is 1. The number of hydrogen-bond donors (Lipinski definition) is 1. The number of aliphatic hydroxyl groups is 1. The van der Waals surface area contributed by atoms with Crippen LogP contribution in [-0.4, -0.2) is 112 Å². The van der Waals surface area contributed by atoms with Crippen LogP contribution in [0.1, 0.15) is 78.3 Å². The number of morpholine rings is 1. The summed E-state index contributed by atoms with van der Waals surface area (Å²) < 4.78 is 25.1. The van der Waals surface area contributed by atoms with Crippen LogP contribution in [0.3, 0.4) is 0 Å². The van der Waals surface area contributed by atoms with Gasteiger partial charge in [0.15, 0.2) is 0 Å². The van der Waals surface area contributed by atoms with E-state index in [1.54, 1.807) is 28.1 Å². The number of pyridine rings is 1. The molecule has 4 heterocycles. The SMILES string of the molecule is C[C@@H]1CN(CC(=O)N2CC(C)(C)c3ncc([C@H](O)c4ccc(F)cc4)cc32)[C@@H](CN2[C@H](C)COC[C@H]2C)CN1C(=O)OC(C)(C)C. The van der Waals surface area contributed by atoms with Crippen LogP contribution in [0.2, 0.25) is 0 Å². The number of nitrogens with zero attached hydrogens (tertiary/aromatic N) is 5. The lowest BCUT2D eigenvalue weighted by Gasteiger charge is -2.48. The first-order valence-corrected chi connectivity index (χ1v) is 16.4. The Morgan fingerprint density at radius 2 is 1.72 bits per heavy atom. The largest absolute Gasteiger partial charge is 0.444 e. The number of amides is 2. The molecular weight excluding hydrogens is 589 g/mol. The Balaban J connectivity index is 1.39. The van der Waals surface area contributed by atoms with Crippen LogP contribution in [0.15, 0.2) is 36.5 Å². The number of piperazine rings is 1. The van der Waals surface area contributed by atoms with Crippen molar-refractivity contribution in [1.82, 2.24) is 19.7 Å². The Kier molecular flexibility index (Phi) is 9.80. The molecule has 1 aromatic heterocycles. The molecule has 5 atom stereocenters. The quantitative estimate of drug-likeness (QED) is 0.499. The molecule has 46 heavy (non-hydrogen) atoms. The monoisotopic (exact) mass is 639 g/mol. The first-order chi connectivity index (χ1) is 21.5. The van der Waals surface area contributed by atoms with Crippen molar-refractivity contribution in [2.75, 3.05) is 50.8 Å². The number of hydrogen-bond acceptors (Lipinski definition) is 8. The highest BCUT2D eigenvalue weighted by molar-refractivity contribution is 5.97. The number of carbonyl (C=O) groups is 2. The van der Waals surface area contributed by atoms with E-state index in [-0.39, 0.29) is 53.9 Å². The summed E-state index contributed by atoms with van der Waals surface area (Å²) in [6, 6.07) is 7.73. The molecule has 0 saturated carbocycles. The topological polar surface area (TPSA) is 98.7 Å². The molecule has 0 spiro atoms. The summed E-state index contributed by atoms with van der Waals surface area (Å²) >= 11 is 0. The summed E-state index contributed by atoms with van der Waals surface area (Å²) in [6.07, 6.45) is 0.288. The predicted octanol–water partition coefficient (Wildman–Crippen LogP) is 4.35. The average Bonchev–Trinajstić information content (AvgIpc) is 3.25. The van der Waals surface area contributed by atoms with Crippen molar-refractivity contribution in [1.29, 1.82) is 0 Å². The van der Waals surface area contributed by atoms with Gasteiger partial charge in [-0.3, -0.25) is 19.6 Å². The van der Waals surface area contributed by atoms with Crippen molar-refractivity contribution in [2.24, 2.45) is 0 Å². The number of rotatable bonds is 6. The number of anilines is 1. The molecule has 0 unspecified atom stereocenters. The van der Waals surface area contributed by atoms with Crippen LogP contribution < -0.4 is 4.90 Å². The van der Waals surface area contributed by atoms with Gasteiger partial charge in [0.2, 0.25) is 5.91 Å². The van der Waals surface area contributed by atoms with Gasteiger partial charge >= 0.3 is 6.09 Å². The maximum atomic E-state index is 14.2. The number of ether oxygens (including phenoxy) is 2. The molecule has 1 N–H and O–H groups in total. The van der Waals surface area contributed by atoms with Gasteiger partial charge in [0.1, 0.15) is 17.5 Å². The molecule has 10 nitrogen and oxygen atoms in total. The highest BCUT2D eigenvalue weighted by Crippen LogP contribution is 2.41. The van der Waals surface area contributed by atoms with Gasteiger partial charge in [-0.15, -0.1) is 0 Å². The van der Waals surface area contributed by atoms with Gasteiger partial charge in [0, 0.05) is 67.5 Å². The number of benzene rings is 1. The van der Waals surface area contributed by atoms with Crippen molar-refractivity contribution in [3.05, 3.63) is 59.2 Å². The molecule has 3 aliphatic heterocycles. The molecular formula is C35H50FN5O5. The smallest absolute Gasteiger partial charge is 0.410 e. The molecule has 3 aliphatic rings. The summed E-state index contributed by atoms with van der Waals surface area (Å²) in [6.45, 7) is 19.6. The van der Waals surface area contributed by atoms with Gasteiger partial charge in [-0.2, -0.15) is 0 Å². The van der Waals surface area contributed by atoms with E-state index in [1.165, 1.54) is 12.1 Å². The van der Waals surface area contributed by atoms with Crippen LogP contribution in [0.25, 0.3) is 0 Å². The molecule has 0 aliphatic carbocycles. The van der Waals surface area contributed by atoms with Crippen LogP contribution in [0, 0.1) is 5.82 Å². The zero-order chi connectivity index (χ0) is 33.6. The third-order valence-electron chi connectivity index (χ3n) is 9.37. The van der Waals surface area contributed by atoms with Crippen LogP contribution >= 0.6 is 0 Å². The van der Waals surface area contributed by atoms with Crippen LogP contribution in [-0.2, 0) is 19.7 Å². The summed E-state index contributed by atoms with van der Waals surface area (Å²) in [4.78, 5) is 40.4. The highest BCUT2D eigenvalue weighted by atomic mass is 19.1. The summed E-state index contributed by atoms with van der Waals surface area (Å²) in [5, 5.41) is 11.1. The first-order valence-electron chi connectivity index (χ1n) is 16.4. The number of aliphatic hydroxyl groups excluding tert-OH is 1. The van der Waals surface area contributed by atoms with Gasteiger partial charge < -0.3 is 24.4 Å². The molecule has 2 fully saturated rings. The molecule has 2 amide bonds. The molecule has 1 aromatic carbocycles. The Bertz CT molecular complexity index is 1400. The van der Waals surface area contributed by atoms with Gasteiger partial charge in [0.25, 0.3) is 0 Å². The molecule has 11 heteroatoms. The van der Waals surface area contributed by atoms with E-state index in [1.807, 2.05) is 33.8 Å². The maximum absolute atomic E-state index is 14.2. The summed E-state index contributed by atoms with van der Waals surface area (Å²) in [5.41, 5.74) is 1.57. The van der Waals surface area contributed by atoms with Crippen molar-refractivity contribution in [2.45, 2.75) is 96.7 Å². The average molecular weight is 640 g/mol. The van der Waals surface area contributed by atoms with Crippen molar-refractivity contribution >= 4 is 17.7 Å². The second-order valence-corrected chi connectivity index (χ2v) is 15.0. The number of halogens is 1. The normalized spacial score (nSPS) is 26.1. The van der Waals surface area contributed by atoms with E-state index >= 15 is 0 Å². The fraction of sp³-hybridized carbons (Fsp3) is 0.629. The highest BCUT2D eigenvalue weighted by Gasteiger charge is 2.43. The van der Waals surface area contributed by atoms with E-state index < -0.39 is 11.7 Å².